The number of ether oxygens (including phenoxy) is 1. The summed E-state index contributed by atoms with van der Waals surface area (Å²) in [4.78, 5) is 25.1. The first-order valence-corrected chi connectivity index (χ1v) is 6.38. The molecule has 0 aliphatic rings. The number of benzene rings is 1. The van der Waals surface area contributed by atoms with Gasteiger partial charge < -0.3 is 4.74 Å². The number of esters is 1. The van der Waals surface area contributed by atoms with Gasteiger partial charge in [0.25, 0.3) is 0 Å². The summed E-state index contributed by atoms with van der Waals surface area (Å²) in [5, 5.41) is 0. The number of halogens is 2. The quantitative estimate of drug-likeness (QED) is 0.469. The lowest BCUT2D eigenvalue weighted by Gasteiger charge is -2.06. The molecule has 4 nitrogen and oxygen atoms in total. The first-order valence-electron chi connectivity index (χ1n) is 4.80. The minimum absolute atomic E-state index is 0.177. The van der Waals surface area contributed by atoms with E-state index >= 15 is 0 Å². The number of aliphatic imine (C=N–C) groups is 1. The van der Waals surface area contributed by atoms with E-state index in [0.717, 1.165) is 5.56 Å². The van der Waals surface area contributed by atoms with Gasteiger partial charge in [-0.1, -0.05) is 0 Å². The fraction of sp³-hybridized carbons (Fsp3) is 0.273. The van der Waals surface area contributed by atoms with Crippen molar-refractivity contribution < 1.29 is 14.3 Å². The first-order chi connectivity index (χ1) is 8.08. The van der Waals surface area contributed by atoms with E-state index in [0.29, 0.717) is 21.2 Å². The molecule has 6 heteroatoms. The third kappa shape index (κ3) is 4.07. The Bertz CT molecular complexity index is 459. The van der Waals surface area contributed by atoms with Gasteiger partial charge in [0, 0.05) is 8.95 Å². The molecule has 0 radical (unpaired) electrons. The predicted molar refractivity (Wildman–Crippen MR) is 70.0 cm³/mol. The highest BCUT2D eigenvalue weighted by Crippen LogP contribution is 2.34. The van der Waals surface area contributed by atoms with Crippen molar-refractivity contribution in [1.29, 1.82) is 0 Å². The Labute approximate surface area is 115 Å². The molecule has 0 saturated heterocycles. The molecule has 0 heterocycles. The molecule has 0 spiro atoms. The molecule has 0 N–H and O–H groups in total. The van der Waals surface area contributed by atoms with Crippen LogP contribution in [0, 0.1) is 0 Å². The third-order valence-electron chi connectivity index (χ3n) is 1.89. The number of isocyanates is 1. The Morgan fingerprint density at radius 3 is 2.47 bits per heavy atom. The Hall–Kier alpha value is -0.970. The SMILES string of the molecule is CCOC(=O)Cc1cc(Br)c(N=C=O)c(Br)c1. The summed E-state index contributed by atoms with van der Waals surface area (Å²) >= 11 is 6.55. The summed E-state index contributed by atoms with van der Waals surface area (Å²) in [7, 11) is 0. The molecule has 0 aliphatic carbocycles. The normalized spacial score (nSPS) is 9.59. The van der Waals surface area contributed by atoms with Crippen molar-refractivity contribution in [2.24, 2.45) is 4.99 Å². The van der Waals surface area contributed by atoms with Crippen LogP contribution >= 0.6 is 31.9 Å². The van der Waals surface area contributed by atoms with E-state index in [1.54, 1.807) is 19.1 Å². The molecule has 0 atom stereocenters. The number of hydrogen-bond donors (Lipinski definition) is 0. The van der Waals surface area contributed by atoms with Gasteiger partial charge in [0.2, 0.25) is 6.08 Å². The lowest BCUT2D eigenvalue weighted by Crippen LogP contribution is -2.07. The molecule has 0 aliphatic heterocycles. The molecule has 90 valence electrons. The second-order valence-corrected chi connectivity index (χ2v) is 4.80. The Kier molecular flexibility index (Phi) is 5.55. The summed E-state index contributed by atoms with van der Waals surface area (Å²) in [6.45, 7) is 2.11. The maximum atomic E-state index is 11.3. The van der Waals surface area contributed by atoms with Gasteiger partial charge >= 0.3 is 5.97 Å². The van der Waals surface area contributed by atoms with E-state index in [4.69, 9.17) is 4.74 Å². The molecular formula is C11H9Br2NO3. The highest BCUT2D eigenvalue weighted by Gasteiger charge is 2.10. The lowest BCUT2D eigenvalue weighted by atomic mass is 10.1. The van der Waals surface area contributed by atoms with Gasteiger partial charge in [-0.15, -0.1) is 0 Å². The molecule has 0 fully saturated rings. The molecule has 0 saturated carbocycles. The summed E-state index contributed by atoms with van der Waals surface area (Å²) in [5.74, 6) is -0.294. The molecule has 1 aromatic carbocycles. The standard InChI is InChI=1S/C11H9Br2NO3/c1-2-17-10(16)5-7-3-8(12)11(14-6-15)9(13)4-7/h3-4H,2,5H2,1H3. The van der Waals surface area contributed by atoms with E-state index in [9.17, 15) is 9.59 Å². The molecule has 0 bridgehead atoms. The summed E-state index contributed by atoms with van der Waals surface area (Å²) in [6, 6.07) is 3.44. The fourth-order valence-corrected chi connectivity index (χ4v) is 2.71. The van der Waals surface area contributed by atoms with Crippen LogP contribution in [0.4, 0.5) is 5.69 Å². The number of hydrogen-bond acceptors (Lipinski definition) is 4. The molecule has 1 rings (SSSR count). The van der Waals surface area contributed by atoms with Crippen molar-refractivity contribution in [1.82, 2.24) is 0 Å². The van der Waals surface area contributed by atoms with Gasteiger partial charge in [0.05, 0.1) is 13.0 Å². The van der Waals surface area contributed by atoms with Crippen LogP contribution < -0.4 is 0 Å². The van der Waals surface area contributed by atoms with Crippen LogP contribution in [-0.2, 0) is 20.7 Å². The number of carbonyl (C=O) groups is 1. The van der Waals surface area contributed by atoms with Gasteiger partial charge in [-0.2, -0.15) is 4.99 Å². The minimum Gasteiger partial charge on any atom is -0.466 e. The Balaban J connectivity index is 2.98. The average molecular weight is 363 g/mol. The maximum absolute atomic E-state index is 11.3. The van der Waals surface area contributed by atoms with E-state index in [-0.39, 0.29) is 12.4 Å². The van der Waals surface area contributed by atoms with E-state index < -0.39 is 0 Å². The van der Waals surface area contributed by atoms with Gasteiger partial charge in [-0.25, -0.2) is 4.79 Å². The fourth-order valence-electron chi connectivity index (χ4n) is 1.25. The van der Waals surface area contributed by atoms with Crippen molar-refractivity contribution in [2.45, 2.75) is 13.3 Å². The monoisotopic (exact) mass is 361 g/mol. The topological polar surface area (TPSA) is 55.7 Å². The van der Waals surface area contributed by atoms with Gasteiger partial charge in [0.15, 0.2) is 0 Å². The Morgan fingerprint density at radius 1 is 1.41 bits per heavy atom. The van der Waals surface area contributed by atoms with Crippen LogP contribution in [-0.4, -0.2) is 18.7 Å². The van der Waals surface area contributed by atoms with Crippen molar-refractivity contribution in [3.63, 3.8) is 0 Å². The van der Waals surface area contributed by atoms with Gasteiger partial charge in [-0.05, 0) is 56.5 Å². The van der Waals surface area contributed by atoms with Crippen LogP contribution in [0.5, 0.6) is 0 Å². The number of rotatable bonds is 4. The largest absolute Gasteiger partial charge is 0.466 e. The van der Waals surface area contributed by atoms with Crippen molar-refractivity contribution in [2.75, 3.05) is 6.61 Å². The molecular weight excluding hydrogens is 354 g/mol. The second kappa shape index (κ2) is 6.69. The molecule has 0 unspecified atom stereocenters. The van der Waals surface area contributed by atoms with Gasteiger partial charge in [-0.3, -0.25) is 4.79 Å². The average Bonchev–Trinajstić information content (AvgIpc) is 2.23. The zero-order valence-electron chi connectivity index (χ0n) is 9.00. The second-order valence-electron chi connectivity index (χ2n) is 3.09. The molecule has 1 aromatic rings. The zero-order valence-corrected chi connectivity index (χ0v) is 12.2. The van der Waals surface area contributed by atoms with Crippen LogP contribution in [0.1, 0.15) is 12.5 Å². The minimum atomic E-state index is -0.294. The third-order valence-corrected chi connectivity index (χ3v) is 3.10. The number of nitrogens with zero attached hydrogens (tertiary/aromatic N) is 1. The van der Waals surface area contributed by atoms with Crippen LogP contribution in [0.2, 0.25) is 0 Å². The summed E-state index contributed by atoms with van der Waals surface area (Å²) in [5.41, 5.74) is 1.22. The van der Waals surface area contributed by atoms with Gasteiger partial charge in [0.1, 0.15) is 5.69 Å². The summed E-state index contributed by atoms with van der Waals surface area (Å²) < 4.78 is 6.09. The Morgan fingerprint density at radius 2 is 2.00 bits per heavy atom. The number of carbonyl (C=O) groups excluding carboxylic acids is 2. The van der Waals surface area contributed by atoms with Crippen LogP contribution in [0.3, 0.4) is 0 Å². The maximum Gasteiger partial charge on any atom is 0.310 e. The lowest BCUT2D eigenvalue weighted by molar-refractivity contribution is -0.142. The van der Waals surface area contributed by atoms with Crippen LogP contribution in [0.25, 0.3) is 0 Å². The van der Waals surface area contributed by atoms with Crippen molar-refractivity contribution >= 4 is 49.6 Å². The van der Waals surface area contributed by atoms with E-state index in [1.165, 1.54) is 6.08 Å². The van der Waals surface area contributed by atoms with E-state index in [2.05, 4.69) is 36.9 Å². The highest BCUT2D eigenvalue weighted by atomic mass is 79.9. The van der Waals surface area contributed by atoms with E-state index in [1.807, 2.05) is 0 Å². The molecule has 0 amide bonds. The zero-order chi connectivity index (χ0) is 12.8. The smallest absolute Gasteiger partial charge is 0.310 e. The predicted octanol–water partition coefficient (Wildman–Crippen LogP) is 3.28. The van der Waals surface area contributed by atoms with Crippen molar-refractivity contribution in [3.05, 3.63) is 26.6 Å². The molecule has 0 aromatic heterocycles. The molecule has 17 heavy (non-hydrogen) atoms. The van der Waals surface area contributed by atoms with Crippen LogP contribution in [0.15, 0.2) is 26.1 Å². The highest BCUT2D eigenvalue weighted by molar-refractivity contribution is 9.11. The van der Waals surface area contributed by atoms with Crippen molar-refractivity contribution in [3.8, 4) is 0 Å². The summed E-state index contributed by atoms with van der Waals surface area (Å²) in [6.07, 6.45) is 1.65. The first kappa shape index (κ1) is 14.1.